The molecule has 0 spiro atoms. The number of carbonyl (C=O) groups excluding carboxylic acids is 2. The molecule has 0 aromatic rings. The Morgan fingerprint density at radius 2 is 1.09 bits per heavy atom. The molecule has 6 heteroatoms. The number of esters is 2. The largest absolute Gasteiger partial charge is 0.462 e. The van der Waals surface area contributed by atoms with Crippen LogP contribution in [0.25, 0.3) is 0 Å². The number of hydrogen-bond donors (Lipinski definition) is 0. The summed E-state index contributed by atoms with van der Waals surface area (Å²) in [6, 6.07) is 0. The van der Waals surface area contributed by atoms with Gasteiger partial charge < -0.3 is 18.9 Å². The Hall–Kier alpha value is -1.14. The maximum absolute atomic E-state index is 12.4. The number of carbonyl (C=O) groups is 2. The molecule has 0 radical (unpaired) electrons. The summed E-state index contributed by atoms with van der Waals surface area (Å²) in [6.07, 6.45) is 19.7. The number of hydrogen-bond acceptors (Lipinski definition) is 6. The molecular weight excluding hydrogens is 432 g/mol. The number of epoxide rings is 2. The Balaban J connectivity index is 1.53. The molecule has 3 atom stereocenters. The molecule has 0 aliphatic carbocycles. The molecule has 2 aliphatic rings. The van der Waals surface area contributed by atoms with Gasteiger partial charge in [-0.05, 0) is 12.3 Å². The zero-order valence-electron chi connectivity index (χ0n) is 21.9. The van der Waals surface area contributed by atoms with Crippen LogP contribution >= 0.6 is 0 Å². The van der Waals surface area contributed by atoms with Gasteiger partial charge in [-0.25, -0.2) is 0 Å². The van der Waals surface area contributed by atoms with Crippen molar-refractivity contribution in [2.75, 3.05) is 26.4 Å². The summed E-state index contributed by atoms with van der Waals surface area (Å²) in [5, 5.41) is 0. The van der Waals surface area contributed by atoms with Crippen molar-refractivity contribution >= 4 is 11.9 Å². The molecule has 0 saturated carbocycles. The van der Waals surface area contributed by atoms with Gasteiger partial charge in [0, 0.05) is 0 Å². The Kier molecular flexibility index (Phi) is 15.6. The standard InChI is InChI=1S/C28H50O6/c1-3-5-6-7-8-9-10-11-13-16-23(4-2)17-14-12-15-18-26(27(29)33-21-24-19-31-24)28(30)34-22-25-20-32-25/h23-26H,3-22H2,1-2H3. The van der Waals surface area contributed by atoms with E-state index in [1.54, 1.807) is 0 Å². The van der Waals surface area contributed by atoms with Crippen molar-refractivity contribution in [2.24, 2.45) is 11.8 Å². The zero-order valence-corrected chi connectivity index (χ0v) is 21.9. The number of unbranched alkanes of at least 4 members (excludes halogenated alkanes) is 10. The second-order valence-electron chi connectivity index (χ2n) is 10.3. The van der Waals surface area contributed by atoms with Gasteiger partial charge in [-0.15, -0.1) is 0 Å². The van der Waals surface area contributed by atoms with Crippen LogP contribution in [0.1, 0.15) is 117 Å². The fraction of sp³-hybridized carbons (Fsp3) is 0.929. The molecule has 2 aliphatic heterocycles. The average Bonchev–Trinajstić information content (AvgIpc) is 3.76. The van der Waals surface area contributed by atoms with Crippen LogP contribution in [0.5, 0.6) is 0 Å². The lowest BCUT2D eigenvalue weighted by atomic mass is 9.91. The lowest BCUT2D eigenvalue weighted by molar-refractivity contribution is -0.163. The Morgan fingerprint density at radius 3 is 1.53 bits per heavy atom. The normalized spacial score (nSPS) is 20.5. The summed E-state index contributed by atoms with van der Waals surface area (Å²) in [5.41, 5.74) is 0. The quantitative estimate of drug-likeness (QED) is 0.0727. The van der Waals surface area contributed by atoms with E-state index in [1.807, 2.05) is 0 Å². The Morgan fingerprint density at radius 1 is 0.676 bits per heavy atom. The van der Waals surface area contributed by atoms with Crippen molar-refractivity contribution in [1.29, 1.82) is 0 Å². The highest BCUT2D eigenvalue weighted by molar-refractivity contribution is 5.94. The Bertz CT molecular complexity index is 515. The van der Waals surface area contributed by atoms with E-state index in [9.17, 15) is 9.59 Å². The molecule has 0 bridgehead atoms. The minimum Gasteiger partial charge on any atom is -0.462 e. The average molecular weight is 483 g/mol. The van der Waals surface area contributed by atoms with Gasteiger partial charge in [0.1, 0.15) is 25.4 Å². The van der Waals surface area contributed by atoms with E-state index in [2.05, 4.69) is 13.8 Å². The Labute approximate surface area is 207 Å². The zero-order chi connectivity index (χ0) is 24.4. The molecule has 3 unspecified atom stereocenters. The molecular formula is C28H50O6. The van der Waals surface area contributed by atoms with Crippen molar-refractivity contribution in [3.05, 3.63) is 0 Å². The second-order valence-corrected chi connectivity index (χ2v) is 10.3. The third kappa shape index (κ3) is 14.3. The van der Waals surface area contributed by atoms with E-state index in [0.717, 1.165) is 25.2 Å². The summed E-state index contributed by atoms with van der Waals surface area (Å²) in [7, 11) is 0. The first-order valence-corrected chi connectivity index (χ1v) is 14.2. The van der Waals surface area contributed by atoms with Crippen LogP contribution < -0.4 is 0 Å². The second kappa shape index (κ2) is 18.2. The molecule has 198 valence electrons. The summed E-state index contributed by atoms with van der Waals surface area (Å²) in [5.74, 6) is -0.989. The van der Waals surface area contributed by atoms with Crippen LogP contribution in [0.3, 0.4) is 0 Å². The predicted octanol–water partition coefficient (Wildman–Crippen LogP) is 6.38. The van der Waals surface area contributed by atoms with Gasteiger partial charge in [0.05, 0.1) is 13.2 Å². The lowest BCUT2D eigenvalue weighted by Gasteiger charge is -2.16. The maximum Gasteiger partial charge on any atom is 0.320 e. The van der Waals surface area contributed by atoms with Gasteiger partial charge in [-0.2, -0.15) is 0 Å². The fourth-order valence-electron chi connectivity index (χ4n) is 4.47. The molecule has 2 heterocycles. The summed E-state index contributed by atoms with van der Waals surface area (Å²) in [6.45, 7) is 6.27. The smallest absolute Gasteiger partial charge is 0.320 e. The van der Waals surface area contributed by atoms with Crippen LogP contribution in [0.2, 0.25) is 0 Å². The van der Waals surface area contributed by atoms with Gasteiger partial charge >= 0.3 is 11.9 Å². The summed E-state index contributed by atoms with van der Waals surface area (Å²) in [4.78, 5) is 24.9. The number of rotatable bonds is 23. The van der Waals surface area contributed by atoms with Crippen LogP contribution in [0.4, 0.5) is 0 Å². The first-order valence-electron chi connectivity index (χ1n) is 14.2. The molecule has 6 nitrogen and oxygen atoms in total. The maximum atomic E-state index is 12.4. The molecule has 34 heavy (non-hydrogen) atoms. The minimum absolute atomic E-state index is 0.00254. The van der Waals surface area contributed by atoms with Crippen molar-refractivity contribution in [1.82, 2.24) is 0 Å². The third-order valence-corrected chi connectivity index (χ3v) is 7.10. The van der Waals surface area contributed by atoms with Crippen molar-refractivity contribution in [3.63, 3.8) is 0 Å². The predicted molar refractivity (Wildman–Crippen MR) is 134 cm³/mol. The fourth-order valence-corrected chi connectivity index (χ4v) is 4.47. The van der Waals surface area contributed by atoms with E-state index in [1.165, 1.54) is 77.0 Å². The molecule has 2 rings (SSSR count). The molecule has 0 N–H and O–H groups in total. The molecule has 0 aromatic carbocycles. The topological polar surface area (TPSA) is 77.7 Å². The summed E-state index contributed by atoms with van der Waals surface area (Å²) < 4.78 is 20.7. The van der Waals surface area contributed by atoms with E-state index >= 15 is 0 Å². The highest BCUT2D eigenvalue weighted by atomic mass is 16.6. The lowest BCUT2D eigenvalue weighted by Crippen LogP contribution is -2.30. The van der Waals surface area contributed by atoms with Crippen molar-refractivity contribution in [2.45, 2.75) is 129 Å². The van der Waals surface area contributed by atoms with Crippen LogP contribution in [-0.2, 0) is 28.5 Å². The van der Waals surface area contributed by atoms with E-state index in [-0.39, 0.29) is 25.4 Å². The highest BCUT2D eigenvalue weighted by Crippen LogP contribution is 2.23. The number of ether oxygens (including phenoxy) is 4. The van der Waals surface area contributed by atoms with E-state index in [4.69, 9.17) is 18.9 Å². The van der Waals surface area contributed by atoms with E-state index in [0.29, 0.717) is 19.6 Å². The van der Waals surface area contributed by atoms with Crippen molar-refractivity contribution in [3.8, 4) is 0 Å². The van der Waals surface area contributed by atoms with Crippen LogP contribution in [0.15, 0.2) is 0 Å². The first-order chi connectivity index (χ1) is 16.6. The SMILES string of the molecule is CCCCCCCCCCCC(CC)CCCCCC(C(=O)OCC1CO1)C(=O)OCC1CO1. The van der Waals surface area contributed by atoms with Gasteiger partial charge in [0.25, 0.3) is 0 Å². The first kappa shape index (κ1) is 29.1. The van der Waals surface area contributed by atoms with E-state index < -0.39 is 17.9 Å². The summed E-state index contributed by atoms with van der Waals surface area (Å²) >= 11 is 0. The van der Waals surface area contributed by atoms with Crippen molar-refractivity contribution < 1.29 is 28.5 Å². The minimum atomic E-state index is -0.832. The van der Waals surface area contributed by atoms with Crippen LogP contribution in [-0.4, -0.2) is 50.6 Å². The molecule has 0 aromatic heterocycles. The van der Waals surface area contributed by atoms with Gasteiger partial charge in [-0.3, -0.25) is 9.59 Å². The third-order valence-electron chi connectivity index (χ3n) is 7.10. The molecule has 2 saturated heterocycles. The monoisotopic (exact) mass is 482 g/mol. The molecule has 2 fully saturated rings. The van der Waals surface area contributed by atoms with Gasteiger partial charge in [-0.1, -0.05) is 110 Å². The molecule has 0 amide bonds. The highest BCUT2D eigenvalue weighted by Gasteiger charge is 2.33. The van der Waals surface area contributed by atoms with Gasteiger partial charge in [0.2, 0.25) is 0 Å². The van der Waals surface area contributed by atoms with Crippen LogP contribution in [0, 0.1) is 11.8 Å². The van der Waals surface area contributed by atoms with Gasteiger partial charge in [0.15, 0.2) is 5.92 Å².